The Labute approximate surface area is 157 Å². The van der Waals surface area contributed by atoms with Crippen LogP contribution in [0, 0.1) is 0 Å². The van der Waals surface area contributed by atoms with Crippen LogP contribution in [-0.4, -0.2) is 13.1 Å². The first-order valence-corrected chi connectivity index (χ1v) is 9.72. The van der Waals surface area contributed by atoms with Crippen LogP contribution in [0.25, 0.3) is 0 Å². The lowest BCUT2D eigenvalue weighted by atomic mass is 10.1. The molecule has 0 heterocycles. The number of nitrogens with one attached hydrogen (secondary N) is 2. The van der Waals surface area contributed by atoms with Crippen LogP contribution in [-0.2, 0) is 22.9 Å². The van der Waals surface area contributed by atoms with Crippen LogP contribution in [0.4, 0.5) is 0 Å². The van der Waals surface area contributed by atoms with Crippen molar-refractivity contribution in [2.45, 2.75) is 51.7 Å². The minimum absolute atomic E-state index is 0.625. The van der Waals surface area contributed by atoms with Gasteiger partial charge in [0.25, 0.3) is 0 Å². The third kappa shape index (κ3) is 10.3. The molecule has 0 saturated carbocycles. The van der Waals surface area contributed by atoms with Gasteiger partial charge in [-0.25, -0.2) is 11.0 Å². The molecule has 142 valence electrons. The number of unbranched alkanes of at least 4 members (excludes halogenated alkanes) is 5. The maximum absolute atomic E-state index is 5.46. The molecule has 0 radical (unpaired) electrons. The fourth-order valence-corrected chi connectivity index (χ4v) is 2.66. The summed E-state index contributed by atoms with van der Waals surface area (Å²) in [6.45, 7) is 3.09. The highest BCUT2D eigenvalue weighted by atomic mass is 16.6. The van der Waals surface area contributed by atoms with Gasteiger partial charge in [0, 0.05) is 13.1 Å². The lowest BCUT2D eigenvalue weighted by Gasteiger charge is -2.07. The number of benzene rings is 2. The molecule has 0 aromatic heterocycles. The minimum Gasteiger partial charge on any atom is -0.297 e. The number of hydroxylamine groups is 2. The van der Waals surface area contributed by atoms with Gasteiger partial charge in [0.2, 0.25) is 0 Å². The minimum atomic E-state index is 0.625. The van der Waals surface area contributed by atoms with Crippen molar-refractivity contribution in [2.75, 3.05) is 13.1 Å². The molecule has 0 bridgehead atoms. The third-order valence-corrected chi connectivity index (χ3v) is 4.18. The summed E-state index contributed by atoms with van der Waals surface area (Å²) in [5, 5.41) is 0. The zero-order chi connectivity index (χ0) is 18.1. The van der Waals surface area contributed by atoms with Crippen LogP contribution in [0.5, 0.6) is 0 Å². The Kier molecular flexibility index (Phi) is 11.4. The zero-order valence-electron chi connectivity index (χ0n) is 15.7. The molecule has 0 aliphatic rings. The van der Waals surface area contributed by atoms with Crippen LogP contribution in [0.2, 0.25) is 0 Å². The standard InChI is InChI=1S/C22H32N2O2/c1(3-11-17-23-25-19-21-13-7-5-8-14-21)2-4-12-18-24-26-20-22-15-9-6-10-16-22/h5-10,13-16,23-24H,1-4,11-12,17-20H2. The molecule has 0 aliphatic carbocycles. The summed E-state index contributed by atoms with van der Waals surface area (Å²) in [4.78, 5) is 10.9. The lowest BCUT2D eigenvalue weighted by Crippen LogP contribution is -2.16. The van der Waals surface area contributed by atoms with Crippen molar-refractivity contribution in [1.82, 2.24) is 11.0 Å². The van der Waals surface area contributed by atoms with E-state index in [2.05, 4.69) is 35.2 Å². The molecule has 0 amide bonds. The van der Waals surface area contributed by atoms with Gasteiger partial charge >= 0.3 is 0 Å². The Hall–Kier alpha value is -1.72. The zero-order valence-corrected chi connectivity index (χ0v) is 15.7. The molecule has 0 saturated heterocycles. The summed E-state index contributed by atoms with van der Waals surface area (Å²) in [6, 6.07) is 20.5. The average molecular weight is 357 g/mol. The Balaban J connectivity index is 1.28. The topological polar surface area (TPSA) is 42.5 Å². The Bertz CT molecular complexity index is 497. The third-order valence-electron chi connectivity index (χ3n) is 4.18. The van der Waals surface area contributed by atoms with E-state index in [1.54, 1.807) is 0 Å². The number of hydrogen-bond donors (Lipinski definition) is 2. The van der Waals surface area contributed by atoms with E-state index in [1.807, 2.05) is 36.4 Å². The second kappa shape index (κ2) is 14.4. The fraction of sp³-hybridized carbons (Fsp3) is 0.455. The molecule has 2 rings (SSSR count). The Morgan fingerprint density at radius 1 is 0.500 bits per heavy atom. The van der Waals surface area contributed by atoms with E-state index in [9.17, 15) is 0 Å². The molecule has 0 unspecified atom stereocenters. The van der Waals surface area contributed by atoms with Gasteiger partial charge in [0.1, 0.15) is 0 Å². The van der Waals surface area contributed by atoms with Crippen molar-refractivity contribution in [2.24, 2.45) is 0 Å². The van der Waals surface area contributed by atoms with Gasteiger partial charge in [0.15, 0.2) is 0 Å². The molecule has 0 aliphatic heterocycles. The molecule has 26 heavy (non-hydrogen) atoms. The summed E-state index contributed by atoms with van der Waals surface area (Å²) in [7, 11) is 0. The maximum atomic E-state index is 5.46. The fourth-order valence-electron chi connectivity index (χ4n) is 2.66. The van der Waals surface area contributed by atoms with Gasteiger partial charge in [-0.2, -0.15) is 0 Å². The monoisotopic (exact) mass is 356 g/mol. The van der Waals surface area contributed by atoms with E-state index in [0.29, 0.717) is 13.2 Å². The second-order valence-electron chi connectivity index (χ2n) is 6.46. The van der Waals surface area contributed by atoms with E-state index < -0.39 is 0 Å². The van der Waals surface area contributed by atoms with Gasteiger partial charge in [-0.15, -0.1) is 0 Å². The highest BCUT2D eigenvalue weighted by Crippen LogP contribution is 2.05. The van der Waals surface area contributed by atoms with E-state index in [-0.39, 0.29) is 0 Å². The van der Waals surface area contributed by atoms with Gasteiger partial charge in [-0.1, -0.05) is 86.3 Å². The highest BCUT2D eigenvalue weighted by Gasteiger charge is 1.95. The van der Waals surface area contributed by atoms with Crippen LogP contribution in [0.15, 0.2) is 60.7 Å². The molecule has 4 heteroatoms. The molecule has 2 N–H and O–H groups in total. The number of rotatable bonds is 15. The van der Waals surface area contributed by atoms with Gasteiger partial charge in [-0.3, -0.25) is 9.68 Å². The summed E-state index contributed by atoms with van der Waals surface area (Å²) in [5.41, 5.74) is 8.48. The molecule has 0 atom stereocenters. The van der Waals surface area contributed by atoms with Crippen molar-refractivity contribution in [3.05, 3.63) is 71.8 Å². The highest BCUT2D eigenvalue weighted by molar-refractivity contribution is 5.13. The lowest BCUT2D eigenvalue weighted by molar-refractivity contribution is 0.0267. The largest absolute Gasteiger partial charge is 0.297 e. The molecular formula is C22H32N2O2. The molecule has 2 aromatic rings. The molecule has 2 aromatic carbocycles. The average Bonchev–Trinajstić information content (AvgIpc) is 2.70. The quantitative estimate of drug-likeness (QED) is 0.356. The van der Waals surface area contributed by atoms with Crippen LogP contribution < -0.4 is 11.0 Å². The van der Waals surface area contributed by atoms with Crippen LogP contribution >= 0.6 is 0 Å². The summed E-state index contributed by atoms with van der Waals surface area (Å²) >= 11 is 0. The van der Waals surface area contributed by atoms with Crippen molar-refractivity contribution in [3.8, 4) is 0 Å². The smallest absolute Gasteiger partial charge is 0.0933 e. The molecule has 0 spiro atoms. The van der Waals surface area contributed by atoms with Crippen molar-refractivity contribution < 1.29 is 9.68 Å². The van der Waals surface area contributed by atoms with Gasteiger partial charge < -0.3 is 0 Å². The van der Waals surface area contributed by atoms with Crippen molar-refractivity contribution in [3.63, 3.8) is 0 Å². The summed E-state index contributed by atoms with van der Waals surface area (Å²) < 4.78 is 0. The van der Waals surface area contributed by atoms with E-state index in [0.717, 1.165) is 25.9 Å². The second-order valence-corrected chi connectivity index (χ2v) is 6.46. The maximum Gasteiger partial charge on any atom is 0.0933 e. The first kappa shape index (κ1) is 20.6. The van der Waals surface area contributed by atoms with E-state index in [1.165, 1.54) is 36.8 Å². The summed E-state index contributed by atoms with van der Waals surface area (Å²) in [5.74, 6) is 0. The predicted molar refractivity (Wildman–Crippen MR) is 106 cm³/mol. The van der Waals surface area contributed by atoms with Gasteiger partial charge in [0.05, 0.1) is 13.2 Å². The normalized spacial score (nSPS) is 10.9. The summed E-state index contributed by atoms with van der Waals surface area (Å²) in [6.07, 6.45) is 7.39. The Morgan fingerprint density at radius 3 is 1.31 bits per heavy atom. The Morgan fingerprint density at radius 2 is 0.885 bits per heavy atom. The molecule has 0 fully saturated rings. The molecule has 4 nitrogen and oxygen atoms in total. The van der Waals surface area contributed by atoms with Crippen LogP contribution in [0.3, 0.4) is 0 Å². The van der Waals surface area contributed by atoms with E-state index >= 15 is 0 Å². The first-order valence-electron chi connectivity index (χ1n) is 9.72. The van der Waals surface area contributed by atoms with E-state index in [4.69, 9.17) is 9.68 Å². The van der Waals surface area contributed by atoms with Crippen molar-refractivity contribution in [1.29, 1.82) is 0 Å². The number of hydrogen-bond acceptors (Lipinski definition) is 4. The SMILES string of the molecule is c1ccc(CONCCCCCCCCNOCc2ccccc2)cc1. The predicted octanol–water partition coefficient (Wildman–Crippen LogP) is 4.77. The first-order chi connectivity index (χ1) is 12.9. The van der Waals surface area contributed by atoms with Gasteiger partial charge in [-0.05, 0) is 24.0 Å². The van der Waals surface area contributed by atoms with Crippen molar-refractivity contribution >= 4 is 0 Å². The molecular weight excluding hydrogens is 324 g/mol. The van der Waals surface area contributed by atoms with Crippen LogP contribution in [0.1, 0.15) is 49.7 Å².